The van der Waals surface area contributed by atoms with Crippen LogP contribution in [0.3, 0.4) is 0 Å². The van der Waals surface area contributed by atoms with Crippen molar-refractivity contribution in [2.24, 2.45) is 10.7 Å². The fourth-order valence-electron chi connectivity index (χ4n) is 4.33. The van der Waals surface area contributed by atoms with Crippen molar-refractivity contribution in [3.8, 4) is 0 Å². The van der Waals surface area contributed by atoms with E-state index in [-0.39, 0.29) is 18.0 Å². The van der Waals surface area contributed by atoms with Gasteiger partial charge in [0.25, 0.3) is 11.8 Å². The van der Waals surface area contributed by atoms with Gasteiger partial charge in [0.2, 0.25) is 0 Å². The van der Waals surface area contributed by atoms with Gasteiger partial charge < -0.3 is 10.6 Å². The second-order valence-corrected chi connectivity index (χ2v) is 8.02. The van der Waals surface area contributed by atoms with Crippen molar-refractivity contribution >= 4 is 23.2 Å². The Morgan fingerprint density at radius 3 is 2.55 bits per heavy atom. The van der Waals surface area contributed by atoms with E-state index in [2.05, 4.69) is 4.99 Å². The Morgan fingerprint density at radius 2 is 1.87 bits per heavy atom. The van der Waals surface area contributed by atoms with Crippen molar-refractivity contribution in [2.75, 3.05) is 11.4 Å². The van der Waals surface area contributed by atoms with Crippen LogP contribution >= 0.6 is 0 Å². The van der Waals surface area contributed by atoms with Gasteiger partial charge in [0.05, 0.1) is 6.04 Å². The van der Waals surface area contributed by atoms with Crippen LogP contribution in [0, 0.1) is 18.6 Å². The molecule has 0 saturated carbocycles. The molecule has 31 heavy (non-hydrogen) atoms. The Morgan fingerprint density at radius 1 is 1.13 bits per heavy atom. The molecule has 2 aliphatic rings. The summed E-state index contributed by atoms with van der Waals surface area (Å²) in [7, 11) is 0. The molecule has 2 aromatic carbocycles. The predicted molar refractivity (Wildman–Crippen MR) is 115 cm³/mol. The molecule has 0 spiro atoms. The van der Waals surface area contributed by atoms with E-state index in [1.54, 1.807) is 4.90 Å². The van der Waals surface area contributed by atoms with E-state index in [1.807, 2.05) is 31.2 Å². The van der Waals surface area contributed by atoms with E-state index in [1.165, 1.54) is 12.1 Å². The highest BCUT2D eigenvalue weighted by atomic mass is 19.1. The number of nitrogens with zero attached hydrogens (tertiary/aromatic N) is 2. The van der Waals surface area contributed by atoms with Crippen LogP contribution in [0.4, 0.5) is 14.5 Å². The summed E-state index contributed by atoms with van der Waals surface area (Å²) < 4.78 is 27.2. The molecule has 2 aromatic rings. The lowest BCUT2D eigenvalue weighted by molar-refractivity contribution is -0.115. The van der Waals surface area contributed by atoms with Crippen LogP contribution in [-0.2, 0) is 16.0 Å². The number of aliphatic imine (C=N–C) groups is 1. The van der Waals surface area contributed by atoms with Crippen LogP contribution in [0.25, 0.3) is 0 Å². The second kappa shape index (κ2) is 8.41. The molecule has 5 nitrogen and oxygen atoms in total. The number of anilines is 1. The number of primary amides is 1. The van der Waals surface area contributed by atoms with Crippen LogP contribution in [0.2, 0.25) is 0 Å². The minimum Gasteiger partial charge on any atom is -0.364 e. The highest BCUT2D eigenvalue weighted by molar-refractivity contribution is 6.46. The van der Waals surface area contributed by atoms with Gasteiger partial charge in [-0.25, -0.2) is 8.78 Å². The average Bonchev–Trinajstić information content (AvgIpc) is 2.88. The van der Waals surface area contributed by atoms with Crippen molar-refractivity contribution in [1.29, 1.82) is 0 Å². The molecule has 0 aliphatic carbocycles. The maximum atomic E-state index is 13.6. The summed E-state index contributed by atoms with van der Waals surface area (Å²) in [6.45, 7) is 2.39. The number of carbonyl (C=O) groups is 2. The van der Waals surface area contributed by atoms with E-state index in [0.29, 0.717) is 42.5 Å². The van der Waals surface area contributed by atoms with Gasteiger partial charge in [-0.15, -0.1) is 0 Å². The molecule has 0 bridgehead atoms. The van der Waals surface area contributed by atoms with Crippen molar-refractivity contribution < 1.29 is 18.4 Å². The lowest BCUT2D eigenvalue weighted by atomic mass is 9.91. The van der Waals surface area contributed by atoms with E-state index >= 15 is 0 Å². The smallest absolute Gasteiger partial charge is 0.267 e. The summed E-state index contributed by atoms with van der Waals surface area (Å²) in [6, 6.07) is 10.6. The molecular formula is C24H23F2N3O2. The number of benzene rings is 2. The van der Waals surface area contributed by atoms with Crippen molar-refractivity contribution in [3.05, 3.63) is 76.4 Å². The van der Waals surface area contributed by atoms with Gasteiger partial charge in [0, 0.05) is 23.9 Å². The Labute approximate surface area is 179 Å². The largest absolute Gasteiger partial charge is 0.364 e. The van der Waals surface area contributed by atoms with Gasteiger partial charge in [-0.05, 0) is 73.6 Å². The third kappa shape index (κ3) is 4.40. The summed E-state index contributed by atoms with van der Waals surface area (Å²) in [5, 5.41) is 0. The van der Waals surface area contributed by atoms with Crippen molar-refractivity contribution in [3.63, 3.8) is 0 Å². The first-order chi connectivity index (χ1) is 14.8. The maximum absolute atomic E-state index is 13.6. The molecule has 0 radical (unpaired) electrons. The minimum atomic E-state index is -0.693. The second-order valence-electron chi connectivity index (χ2n) is 8.02. The third-order valence-electron chi connectivity index (χ3n) is 5.72. The molecule has 2 aliphatic heterocycles. The summed E-state index contributed by atoms with van der Waals surface area (Å²) in [6.07, 6.45) is 1.61. The van der Waals surface area contributed by atoms with Crippen molar-refractivity contribution in [1.82, 2.24) is 0 Å². The Kier molecular flexibility index (Phi) is 5.67. The molecule has 2 heterocycles. The number of rotatable bonds is 4. The van der Waals surface area contributed by atoms with Gasteiger partial charge in [0.1, 0.15) is 17.3 Å². The Balaban J connectivity index is 1.63. The summed E-state index contributed by atoms with van der Waals surface area (Å²) in [5.41, 5.74) is 9.15. The quantitative estimate of drug-likeness (QED) is 0.815. The first-order valence-corrected chi connectivity index (χ1v) is 10.3. The number of aryl methyl sites for hydroxylation is 1. The van der Waals surface area contributed by atoms with Gasteiger partial charge >= 0.3 is 0 Å². The zero-order valence-electron chi connectivity index (χ0n) is 17.2. The molecule has 0 saturated heterocycles. The molecule has 2 amide bonds. The fraction of sp³-hybridized carbons (Fsp3) is 0.292. The van der Waals surface area contributed by atoms with Crippen LogP contribution < -0.4 is 10.6 Å². The zero-order valence-corrected chi connectivity index (χ0v) is 17.2. The Bertz CT molecular complexity index is 1100. The number of hydrogen-bond donors (Lipinski definition) is 1. The zero-order chi connectivity index (χ0) is 22.1. The lowest BCUT2D eigenvalue weighted by Crippen LogP contribution is -2.40. The predicted octanol–water partition coefficient (Wildman–Crippen LogP) is 3.64. The molecular weight excluding hydrogens is 400 g/mol. The topological polar surface area (TPSA) is 75.8 Å². The third-order valence-corrected chi connectivity index (χ3v) is 5.72. The van der Waals surface area contributed by atoms with Gasteiger partial charge in [-0.3, -0.25) is 14.6 Å². The number of carbonyl (C=O) groups excluding carboxylic acids is 2. The number of amides is 2. The van der Waals surface area contributed by atoms with Crippen LogP contribution in [0.1, 0.15) is 30.4 Å². The molecule has 160 valence electrons. The van der Waals surface area contributed by atoms with Crippen LogP contribution in [0.5, 0.6) is 0 Å². The molecule has 0 aromatic heterocycles. The van der Waals surface area contributed by atoms with Crippen LogP contribution in [-0.4, -0.2) is 30.1 Å². The minimum absolute atomic E-state index is 0.103. The van der Waals surface area contributed by atoms with Gasteiger partial charge in [0.15, 0.2) is 0 Å². The van der Waals surface area contributed by atoms with E-state index in [0.717, 1.165) is 17.3 Å². The maximum Gasteiger partial charge on any atom is 0.267 e. The molecule has 1 unspecified atom stereocenters. The lowest BCUT2D eigenvalue weighted by Gasteiger charge is -2.30. The van der Waals surface area contributed by atoms with Crippen LogP contribution in [0.15, 0.2) is 58.6 Å². The normalized spacial score (nSPS) is 19.1. The fourth-order valence-corrected chi connectivity index (χ4v) is 4.33. The first-order valence-electron chi connectivity index (χ1n) is 10.3. The summed E-state index contributed by atoms with van der Waals surface area (Å²) >= 11 is 0. The standard InChI is InChI=1S/C24H23F2N3O2/c1-14-3-2-4-19(9-14)29-8-7-20-21(24(29)31)6-5-18(28-22(20)23(27)30)12-15-10-16(25)13-17(26)11-15/h2-4,9-11,13,18H,5-8,12H2,1H3,(H2,27,30). The molecule has 1 atom stereocenters. The highest BCUT2D eigenvalue weighted by Crippen LogP contribution is 2.32. The first kappa shape index (κ1) is 20.9. The van der Waals surface area contributed by atoms with E-state index in [9.17, 15) is 18.4 Å². The van der Waals surface area contributed by atoms with E-state index in [4.69, 9.17) is 5.73 Å². The number of halogens is 2. The summed E-state index contributed by atoms with van der Waals surface area (Å²) in [4.78, 5) is 31.7. The van der Waals surface area contributed by atoms with Gasteiger partial charge in [-0.1, -0.05) is 12.1 Å². The average molecular weight is 423 g/mol. The number of nitrogens with two attached hydrogens (primary N) is 1. The molecule has 2 N–H and O–H groups in total. The summed E-state index contributed by atoms with van der Waals surface area (Å²) in [5.74, 6) is -2.17. The molecule has 4 rings (SSSR count). The molecule has 0 fully saturated rings. The Hall–Kier alpha value is -3.35. The SMILES string of the molecule is Cc1cccc(N2CCC3=C(CCC(Cc4cc(F)cc(F)c4)N=C3C(N)=O)C2=O)c1. The molecule has 7 heteroatoms. The van der Waals surface area contributed by atoms with E-state index < -0.39 is 23.6 Å². The monoisotopic (exact) mass is 423 g/mol. The highest BCUT2D eigenvalue weighted by Gasteiger charge is 2.34. The number of hydrogen-bond acceptors (Lipinski definition) is 3. The van der Waals surface area contributed by atoms with Crippen molar-refractivity contribution in [2.45, 2.75) is 38.6 Å². The van der Waals surface area contributed by atoms with Gasteiger partial charge in [-0.2, -0.15) is 0 Å².